The predicted octanol–water partition coefficient (Wildman–Crippen LogP) is 2.85. The van der Waals surface area contributed by atoms with Crippen molar-refractivity contribution in [3.63, 3.8) is 0 Å². The lowest BCUT2D eigenvalue weighted by molar-refractivity contribution is -0.232. The van der Waals surface area contributed by atoms with Crippen LogP contribution < -0.4 is 11.1 Å². The highest BCUT2D eigenvalue weighted by atomic mass is 19.4. The summed E-state index contributed by atoms with van der Waals surface area (Å²) in [5.74, 6) is -2.22. The van der Waals surface area contributed by atoms with Crippen molar-refractivity contribution in [2.75, 3.05) is 12.8 Å². The zero-order chi connectivity index (χ0) is 25.8. The van der Waals surface area contributed by atoms with Crippen molar-refractivity contribution in [2.24, 2.45) is 4.99 Å². The minimum atomic E-state index is -5.00. The topological polar surface area (TPSA) is 147 Å². The molecule has 3 heterocycles. The molecule has 34 heavy (non-hydrogen) atoms. The number of aliphatic imine (C=N–C) groups is 1. The fraction of sp³-hybridized carbons (Fsp3) is 0.350. The fourth-order valence-corrected chi connectivity index (χ4v) is 3.02. The third kappa shape index (κ3) is 5.48. The van der Waals surface area contributed by atoms with E-state index in [1.807, 2.05) is 6.07 Å². The first-order chi connectivity index (χ1) is 15.7. The molecule has 1 fully saturated rings. The Kier molecular flexibility index (Phi) is 7.60. The van der Waals surface area contributed by atoms with Crippen LogP contribution in [0.1, 0.15) is 34.2 Å². The van der Waals surface area contributed by atoms with Gasteiger partial charge in [0, 0.05) is 13.2 Å². The normalized spacial score (nSPS) is 23.1. The Morgan fingerprint density at radius 1 is 1.41 bits per heavy atom. The van der Waals surface area contributed by atoms with E-state index in [0.29, 0.717) is 11.1 Å². The molecule has 0 aromatic carbocycles. The smallest absolute Gasteiger partial charge is 0.428 e. The number of aryl methyl sites for hydroxylation is 1. The van der Waals surface area contributed by atoms with Crippen LogP contribution in [0.2, 0.25) is 0 Å². The molecule has 0 saturated carbocycles. The van der Waals surface area contributed by atoms with E-state index in [1.165, 1.54) is 12.3 Å². The van der Waals surface area contributed by atoms with Gasteiger partial charge < -0.3 is 20.9 Å². The number of nitrogens with two attached hydrogens (primary N) is 1. The first kappa shape index (κ1) is 26.2. The number of carboxylic acid groups (broad SMARTS) is 1. The van der Waals surface area contributed by atoms with Crippen molar-refractivity contribution < 1.29 is 36.6 Å². The quantitative estimate of drug-likeness (QED) is 0.549. The van der Waals surface area contributed by atoms with Gasteiger partial charge in [0.05, 0.1) is 5.56 Å². The monoisotopic (exact) mass is 486 g/mol. The zero-order valence-corrected chi connectivity index (χ0v) is 18.0. The van der Waals surface area contributed by atoms with Crippen LogP contribution in [-0.2, 0) is 10.3 Å². The van der Waals surface area contributed by atoms with Gasteiger partial charge >= 0.3 is 12.1 Å². The third-order valence-corrected chi connectivity index (χ3v) is 4.72. The van der Waals surface area contributed by atoms with Gasteiger partial charge in [0.1, 0.15) is 28.9 Å². The summed E-state index contributed by atoms with van der Waals surface area (Å²) in [5, 5.41) is 19.3. The number of ether oxygens (including phenoxy) is 1. The summed E-state index contributed by atoms with van der Waals surface area (Å²) in [5.41, 5.74) is 3.55. The third-order valence-electron chi connectivity index (χ3n) is 4.72. The fourth-order valence-electron chi connectivity index (χ4n) is 3.02. The lowest BCUT2D eigenvalue weighted by Gasteiger charge is -2.43. The number of nitrogen functional groups attached to an aromatic ring is 1. The molecule has 0 amide bonds. The van der Waals surface area contributed by atoms with Crippen molar-refractivity contribution in [1.29, 1.82) is 5.26 Å². The van der Waals surface area contributed by atoms with Gasteiger partial charge in [0.2, 0.25) is 6.10 Å². The van der Waals surface area contributed by atoms with E-state index in [1.54, 1.807) is 6.92 Å². The van der Waals surface area contributed by atoms with Crippen LogP contribution in [0.5, 0.6) is 0 Å². The summed E-state index contributed by atoms with van der Waals surface area (Å²) in [6.07, 6.45) is -9.23. The largest absolute Gasteiger partial charge is 0.477 e. The number of halogens is 5. The van der Waals surface area contributed by atoms with E-state index in [2.05, 4.69) is 25.0 Å². The first-order valence-electron chi connectivity index (χ1n) is 9.39. The molecule has 0 aliphatic carbocycles. The van der Waals surface area contributed by atoms with Crippen molar-refractivity contribution >= 4 is 17.8 Å². The van der Waals surface area contributed by atoms with Crippen molar-refractivity contribution in [3.05, 3.63) is 52.7 Å². The highest BCUT2D eigenvalue weighted by Crippen LogP contribution is 2.40. The molecular formula is C20H19F5N6O3. The Morgan fingerprint density at radius 2 is 2.06 bits per heavy atom. The second-order valence-corrected chi connectivity index (χ2v) is 7.21. The number of hydrogen-bond donors (Lipinski definition) is 3. The second-order valence-electron chi connectivity index (χ2n) is 7.21. The maximum Gasteiger partial charge on any atom is 0.428 e. The number of amidine groups is 1. The molecule has 2 aromatic rings. The molecule has 3 rings (SSSR count). The highest BCUT2D eigenvalue weighted by Gasteiger charge is 2.59. The van der Waals surface area contributed by atoms with Gasteiger partial charge in [0.15, 0.2) is 11.9 Å². The number of rotatable bonds is 2. The van der Waals surface area contributed by atoms with Crippen LogP contribution in [-0.4, -0.2) is 52.6 Å². The molecule has 14 heteroatoms. The SMILES string of the molecule is CN=C1N[C@](C)(c2nc(N)ccc2F)[C@@H](F)[C@@H](C(F)(F)F)O1.Cc1cc(C#N)cnc1C(=O)O. The van der Waals surface area contributed by atoms with Crippen molar-refractivity contribution in [1.82, 2.24) is 15.3 Å². The maximum absolute atomic E-state index is 14.5. The number of aromatic nitrogens is 2. The Balaban J connectivity index is 0.000000287. The Morgan fingerprint density at radius 3 is 2.56 bits per heavy atom. The summed E-state index contributed by atoms with van der Waals surface area (Å²) >= 11 is 0. The summed E-state index contributed by atoms with van der Waals surface area (Å²) in [7, 11) is 1.15. The van der Waals surface area contributed by atoms with Crippen LogP contribution in [0.15, 0.2) is 29.4 Å². The number of hydrogen-bond acceptors (Lipinski definition) is 7. The van der Waals surface area contributed by atoms with Crippen molar-refractivity contribution in [3.8, 4) is 6.07 Å². The molecular weight excluding hydrogens is 467 g/mol. The van der Waals surface area contributed by atoms with E-state index in [4.69, 9.17) is 16.1 Å². The number of nitrogens with zero attached hydrogens (tertiary/aromatic N) is 4. The van der Waals surface area contributed by atoms with E-state index in [0.717, 1.165) is 26.1 Å². The Labute approximate surface area is 190 Å². The van der Waals surface area contributed by atoms with Gasteiger partial charge in [-0.3, -0.25) is 0 Å². The molecule has 0 bridgehead atoms. The van der Waals surface area contributed by atoms with Crippen LogP contribution in [0.25, 0.3) is 0 Å². The van der Waals surface area contributed by atoms with Gasteiger partial charge in [0.25, 0.3) is 6.02 Å². The lowest BCUT2D eigenvalue weighted by Crippen LogP contribution is -2.64. The number of pyridine rings is 2. The zero-order valence-electron chi connectivity index (χ0n) is 18.0. The highest BCUT2D eigenvalue weighted by molar-refractivity contribution is 5.87. The van der Waals surface area contributed by atoms with Gasteiger partial charge in [-0.05, 0) is 37.6 Å². The maximum atomic E-state index is 14.5. The molecule has 0 spiro atoms. The lowest BCUT2D eigenvalue weighted by atomic mass is 9.86. The average Bonchev–Trinajstić information content (AvgIpc) is 2.76. The second kappa shape index (κ2) is 9.86. The average molecular weight is 486 g/mol. The molecule has 1 aliphatic heterocycles. The van der Waals surface area contributed by atoms with Crippen LogP contribution >= 0.6 is 0 Å². The molecule has 1 aliphatic rings. The number of anilines is 1. The van der Waals surface area contributed by atoms with Crippen LogP contribution in [0.3, 0.4) is 0 Å². The minimum absolute atomic E-state index is 0.00556. The molecule has 0 radical (unpaired) electrons. The molecule has 3 atom stereocenters. The minimum Gasteiger partial charge on any atom is -0.477 e. The standard InChI is InChI=1S/C12H13F5N4O.C8H6N2O2/c1-11(8-5(13)3-4-6(18)20-8)7(14)9(12(15,16)17)22-10(19-2)21-11;1-5-2-6(3-9)4-10-7(5)8(11)12/h3-4,7,9H,1-2H3,(H2,18,20)(H,19,21);2,4H,1H3,(H,11,12)/t7-,9-,11-;/m0./s1. The van der Waals surface area contributed by atoms with E-state index < -0.39 is 47.5 Å². The number of nitriles is 1. The molecule has 182 valence electrons. The van der Waals surface area contributed by atoms with Gasteiger partial charge in [-0.25, -0.2) is 28.5 Å². The number of nitrogens with one attached hydrogen (secondary N) is 1. The molecule has 1 saturated heterocycles. The Hall–Kier alpha value is -4.02. The summed E-state index contributed by atoms with van der Waals surface area (Å²) < 4.78 is 71.7. The molecule has 0 unspecified atom stereocenters. The van der Waals surface area contributed by atoms with Gasteiger partial charge in [-0.1, -0.05) is 0 Å². The summed E-state index contributed by atoms with van der Waals surface area (Å²) in [4.78, 5) is 21.2. The summed E-state index contributed by atoms with van der Waals surface area (Å²) in [6.45, 7) is 2.65. The van der Waals surface area contributed by atoms with Gasteiger partial charge in [-0.15, -0.1) is 0 Å². The van der Waals surface area contributed by atoms with E-state index >= 15 is 0 Å². The van der Waals surface area contributed by atoms with E-state index in [9.17, 15) is 26.7 Å². The number of carbonyl (C=O) groups is 1. The number of alkyl halides is 4. The summed E-state index contributed by atoms with van der Waals surface area (Å²) in [6, 6.07) is 4.82. The van der Waals surface area contributed by atoms with Crippen LogP contribution in [0, 0.1) is 24.1 Å². The Bertz CT molecular complexity index is 1150. The first-order valence-corrected chi connectivity index (χ1v) is 9.39. The molecule has 2 aromatic heterocycles. The van der Waals surface area contributed by atoms with Gasteiger partial charge in [-0.2, -0.15) is 18.4 Å². The van der Waals surface area contributed by atoms with E-state index in [-0.39, 0.29) is 11.5 Å². The number of carboxylic acids is 1. The van der Waals surface area contributed by atoms with Crippen molar-refractivity contribution in [2.45, 2.75) is 37.8 Å². The predicted molar refractivity (Wildman–Crippen MR) is 109 cm³/mol. The molecule has 4 N–H and O–H groups in total. The molecule has 9 nitrogen and oxygen atoms in total. The van der Waals surface area contributed by atoms with Crippen LogP contribution in [0.4, 0.5) is 27.8 Å². The number of aromatic carboxylic acids is 1.